The predicted octanol–water partition coefficient (Wildman–Crippen LogP) is 3.27. The number of aryl methyl sites for hydroxylation is 1. The van der Waals surface area contributed by atoms with Gasteiger partial charge in [-0.3, -0.25) is 9.59 Å². The van der Waals surface area contributed by atoms with Gasteiger partial charge in [0, 0.05) is 30.6 Å². The van der Waals surface area contributed by atoms with E-state index in [2.05, 4.69) is 10.0 Å². The number of carbonyl (C=O) groups is 2. The first kappa shape index (κ1) is 25.2. The highest BCUT2D eigenvalue weighted by Crippen LogP contribution is 2.22. The Morgan fingerprint density at radius 1 is 1.06 bits per heavy atom. The van der Waals surface area contributed by atoms with Crippen LogP contribution in [0.4, 0.5) is 0 Å². The van der Waals surface area contributed by atoms with Crippen molar-refractivity contribution in [3.8, 4) is 0 Å². The van der Waals surface area contributed by atoms with Crippen LogP contribution in [-0.4, -0.2) is 43.8 Å². The molecule has 2 amide bonds. The number of halogens is 1. The first-order valence-electron chi connectivity index (χ1n) is 11.1. The average Bonchev–Trinajstić information content (AvgIpc) is 3.60. The normalized spacial score (nSPS) is 14.5. The minimum Gasteiger partial charge on any atom is -0.355 e. The van der Waals surface area contributed by atoms with E-state index in [1.807, 2.05) is 19.1 Å². The molecule has 33 heavy (non-hydrogen) atoms. The highest BCUT2D eigenvalue weighted by atomic mass is 35.5. The van der Waals surface area contributed by atoms with Crippen molar-refractivity contribution in [2.75, 3.05) is 6.54 Å². The third kappa shape index (κ3) is 7.28. The van der Waals surface area contributed by atoms with E-state index in [0.29, 0.717) is 24.5 Å². The largest absolute Gasteiger partial charge is 0.355 e. The quantitative estimate of drug-likeness (QED) is 0.504. The monoisotopic (exact) mass is 491 g/mol. The molecule has 0 heterocycles. The number of benzene rings is 2. The Balaban J connectivity index is 1.66. The summed E-state index contributed by atoms with van der Waals surface area (Å²) in [6, 6.07) is 13.2. The Morgan fingerprint density at radius 2 is 1.67 bits per heavy atom. The maximum absolute atomic E-state index is 13.1. The topological polar surface area (TPSA) is 95.6 Å². The first-order chi connectivity index (χ1) is 15.7. The zero-order chi connectivity index (χ0) is 24.0. The summed E-state index contributed by atoms with van der Waals surface area (Å²) in [5.74, 6) is -0.367. The fourth-order valence-corrected chi connectivity index (χ4v) is 4.84. The highest BCUT2D eigenvalue weighted by molar-refractivity contribution is 7.89. The summed E-state index contributed by atoms with van der Waals surface area (Å²) < 4.78 is 27.3. The second-order valence-corrected chi connectivity index (χ2v) is 10.4. The van der Waals surface area contributed by atoms with E-state index in [4.69, 9.17) is 11.6 Å². The average molecular weight is 492 g/mol. The second kappa shape index (κ2) is 11.1. The first-order valence-corrected chi connectivity index (χ1v) is 13.0. The van der Waals surface area contributed by atoms with Gasteiger partial charge < -0.3 is 10.2 Å². The van der Waals surface area contributed by atoms with Gasteiger partial charge in [0.15, 0.2) is 0 Å². The van der Waals surface area contributed by atoms with Gasteiger partial charge in [0.1, 0.15) is 6.04 Å². The number of rotatable bonds is 11. The molecule has 0 radical (unpaired) electrons. The summed E-state index contributed by atoms with van der Waals surface area (Å²) in [7, 11) is -3.50. The van der Waals surface area contributed by atoms with E-state index >= 15 is 0 Å². The number of amides is 2. The molecule has 0 aromatic heterocycles. The number of likely N-dealkylation sites (N-methyl/N-ethyl adjacent to an activating group) is 1. The Labute approximate surface area is 200 Å². The molecule has 2 aromatic carbocycles. The summed E-state index contributed by atoms with van der Waals surface area (Å²) in [6.07, 6.45) is 2.39. The predicted molar refractivity (Wildman–Crippen MR) is 128 cm³/mol. The van der Waals surface area contributed by atoms with Gasteiger partial charge in [-0.15, -0.1) is 0 Å². The number of hydrogen-bond acceptors (Lipinski definition) is 4. The Hall–Kier alpha value is -2.42. The van der Waals surface area contributed by atoms with E-state index in [1.165, 1.54) is 0 Å². The van der Waals surface area contributed by atoms with Crippen LogP contribution < -0.4 is 10.0 Å². The third-order valence-electron chi connectivity index (χ3n) is 5.54. The van der Waals surface area contributed by atoms with Gasteiger partial charge >= 0.3 is 0 Å². The molecule has 1 saturated carbocycles. The SMILES string of the molecule is CCNC(=O)C(C)N(Cc1ccc(Cl)cc1)C(=O)CCc1ccc(S(=O)(=O)NC2CC2)cc1. The minimum absolute atomic E-state index is 0.0471. The van der Waals surface area contributed by atoms with Crippen molar-refractivity contribution < 1.29 is 18.0 Å². The van der Waals surface area contributed by atoms with Crippen LogP contribution in [-0.2, 0) is 32.6 Å². The molecule has 9 heteroatoms. The number of nitrogens with zero attached hydrogens (tertiary/aromatic N) is 1. The van der Waals surface area contributed by atoms with Gasteiger partial charge in [-0.2, -0.15) is 0 Å². The van der Waals surface area contributed by atoms with E-state index in [0.717, 1.165) is 24.0 Å². The smallest absolute Gasteiger partial charge is 0.242 e. The van der Waals surface area contributed by atoms with E-state index in [-0.39, 0.29) is 29.2 Å². The van der Waals surface area contributed by atoms with Gasteiger partial charge in [0.25, 0.3) is 0 Å². The van der Waals surface area contributed by atoms with Crippen LogP contribution >= 0.6 is 11.6 Å². The molecule has 2 aromatic rings. The van der Waals surface area contributed by atoms with E-state index in [9.17, 15) is 18.0 Å². The molecule has 0 aliphatic heterocycles. The van der Waals surface area contributed by atoms with Crippen molar-refractivity contribution in [3.63, 3.8) is 0 Å². The van der Waals surface area contributed by atoms with Crippen LogP contribution in [0.1, 0.15) is 44.2 Å². The van der Waals surface area contributed by atoms with Crippen molar-refractivity contribution >= 4 is 33.4 Å². The lowest BCUT2D eigenvalue weighted by Crippen LogP contribution is -2.47. The van der Waals surface area contributed by atoms with Crippen molar-refractivity contribution in [1.82, 2.24) is 14.9 Å². The summed E-state index contributed by atoms with van der Waals surface area (Å²) in [5.41, 5.74) is 1.73. The molecular formula is C24H30ClN3O4S. The van der Waals surface area contributed by atoms with Gasteiger partial charge in [0.2, 0.25) is 21.8 Å². The number of hydrogen-bond donors (Lipinski definition) is 2. The Morgan fingerprint density at radius 3 is 2.24 bits per heavy atom. The Kier molecular flexibility index (Phi) is 8.51. The van der Waals surface area contributed by atoms with Crippen molar-refractivity contribution in [3.05, 3.63) is 64.7 Å². The lowest BCUT2D eigenvalue weighted by molar-refractivity contribution is -0.140. The third-order valence-corrected chi connectivity index (χ3v) is 7.33. The molecule has 2 N–H and O–H groups in total. The van der Waals surface area contributed by atoms with Crippen molar-refractivity contribution in [2.45, 2.75) is 63.1 Å². The summed E-state index contributed by atoms with van der Waals surface area (Å²) in [4.78, 5) is 27.3. The van der Waals surface area contributed by atoms with Crippen LogP contribution in [0, 0.1) is 0 Å². The number of carbonyl (C=O) groups excluding carboxylic acids is 2. The summed E-state index contributed by atoms with van der Waals surface area (Å²) in [6.45, 7) is 4.32. The van der Waals surface area contributed by atoms with Gasteiger partial charge in [0.05, 0.1) is 4.90 Å². The molecule has 0 spiro atoms. The van der Waals surface area contributed by atoms with E-state index in [1.54, 1.807) is 48.2 Å². The van der Waals surface area contributed by atoms with Gasteiger partial charge in [-0.25, -0.2) is 13.1 Å². The lowest BCUT2D eigenvalue weighted by atomic mass is 10.1. The molecule has 1 aliphatic rings. The molecule has 1 fully saturated rings. The van der Waals surface area contributed by atoms with Gasteiger partial charge in [-0.1, -0.05) is 35.9 Å². The summed E-state index contributed by atoms with van der Waals surface area (Å²) in [5, 5.41) is 3.37. The molecule has 178 valence electrons. The zero-order valence-electron chi connectivity index (χ0n) is 18.9. The molecule has 0 bridgehead atoms. The second-order valence-electron chi connectivity index (χ2n) is 8.26. The standard InChI is InChI=1S/C24H30ClN3O4S/c1-3-26-24(30)17(2)28(16-19-4-9-20(25)10-5-19)23(29)15-8-18-6-13-22(14-7-18)33(31,32)27-21-11-12-21/h4-7,9-10,13-14,17,21,27H,3,8,11-12,15-16H2,1-2H3,(H,26,30). The molecule has 0 saturated heterocycles. The maximum atomic E-state index is 13.1. The van der Waals surface area contributed by atoms with Crippen LogP contribution in [0.15, 0.2) is 53.4 Å². The minimum atomic E-state index is -3.50. The fraction of sp³-hybridized carbons (Fsp3) is 0.417. The van der Waals surface area contributed by atoms with Gasteiger partial charge in [-0.05, 0) is 68.5 Å². The van der Waals surface area contributed by atoms with Crippen molar-refractivity contribution in [1.29, 1.82) is 0 Å². The van der Waals surface area contributed by atoms with Crippen LogP contribution in [0.5, 0.6) is 0 Å². The summed E-state index contributed by atoms with van der Waals surface area (Å²) >= 11 is 5.96. The van der Waals surface area contributed by atoms with Crippen molar-refractivity contribution in [2.24, 2.45) is 0 Å². The molecule has 1 atom stereocenters. The number of sulfonamides is 1. The van der Waals surface area contributed by atoms with Crippen LogP contribution in [0.3, 0.4) is 0 Å². The number of nitrogens with one attached hydrogen (secondary N) is 2. The zero-order valence-corrected chi connectivity index (χ0v) is 20.5. The molecular weight excluding hydrogens is 462 g/mol. The highest BCUT2D eigenvalue weighted by Gasteiger charge is 2.28. The lowest BCUT2D eigenvalue weighted by Gasteiger charge is -2.29. The van der Waals surface area contributed by atoms with E-state index < -0.39 is 16.1 Å². The molecule has 3 rings (SSSR count). The maximum Gasteiger partial charge on any atom is 0.242 e. The molecule has 1 aliphatic carbocycles. The van der Waals surface area contributed by atoms with Crippen LogP contribution in [0.2, 0.25) is 5.02 Å². The Bertz CT molecular complexity index is 1070. The molecule has 1 unspecified atom stereocenters. The molecule has 7 nitrogen and oxygen atoms in total. The van der Waals surface area contributed by atoms with Crippen LogP contribution in [0.25, 0.3) is 0 Å². The fourth-order valence-electron chi connectivity index (χ4n) is 3.41.